The molecule has 0 saturated heterocycles. The first-order valence-electron chi connectivity index (χ1n) is 9.88. The van der Waals surface area contributed by atoms with Crippen LogP contribution in [0.3, 0.4) is 0 Å². The summed E-state index contributed by atoms with van der Waals surface area (Å²) < 4.78 is 0. The van der Waals surface area contributed by atoms with E-state index in [0.717, 1.165) is 43.0 Å². The van der Waals surface area contributed by atoms with Gasteiger partial charge in [0.25, 0.3) is 0 Å². The van der Waals surface area contributed by atoms with E-state index in [1.54, 1.807) is 31.7 Å². The molecule has 0 aliphatic rings. The monoisotopic (exact) mass is 437 g/mol. The van der Waals surface area contributed by atoms with E-state index < -0.39 is 0 Å². The zero-order chi connectivity index (χ0) is 21.7. The fourth-order valence-corrected chi connectivity index (χ4v) is 4.60. The largest absolute Gasteiger partial charge is 0.335 e. The van der Waals surface area contributed by atoms with Crippen molar-refractivity contribution in [1.29, 1.82) is 0 Å². The molecule has 8 nitrogen and oxygen atoms in total. The van der Waals surface area contributed by atoms with Gasteiger partial charge in [-0.25, -0.2) is 9.97 Å². The highest BCUT2D eigenvalue weighted by molar-refractivity contribution is 7.17. The van der Waals surface area contributed by atoms with Crippen LogP contribution >= 0.6 is 11.3 Å². The lowest BCUT2D eigenvalue weighted by Gasteiger charge is -2.00. The van der Waals surface area contributed by atoms with Gasteiger partial charge in [0.1, 0.15) is 5.69 Å². The fraction of sp³-hybridized carbons (Fsp3) is 0.0435. The van der Waals surface area contributed by atoms with Crippen LogP contribution in [0.2, 0.25) is 0 Å². The van der Waals surface area contributed by atoms with Crippen LogP contribution in [0, 0.1) is 0 Å². The number of rotatable bonds is 4. The minimum Gasteiger partial charge on any atom is -0.335 e. The van der Waals surface area contributed by atoms with E-state index in [1.165, 1.54) is 11.3 Å². The third-order valence-electron chi connectivity index (χ3n) is 5.24. The van der Waals surface area contributed by atoms with Crippen LogP contribution in [0.25, 0.3) is 55.3 Å². The van der Waals surface area contributed by atoms with Crippen LogP contribution in [0.15, 0.2) is 61.2 Å². The average molecular weight is 437 g/mol. The van der Waals surface area contributed by atoms with Gasteiger partial charge in [0.2, 0.25) is 0 Å². The van der Waals surface area contributed by atoms with Crippen molar-refractivity contribution in [3.63, 3.8) is 0 Å². The third-order valence-corrected chi connectivity index (χ3v) is 6.46. The van der Waals surface area contributed by atoms with Crippen LogP contribution in [0.1, 0.15) is 16.6 Å². The third kappa shape index (κ3) is 2.98. The van der Waals surface area contributed by atoms with Crippen LogP contribution in [-0.4, -0.2) is 40.9 Å². The summed E-state index contributed by atoms with van der Waals surface area (Å²) in [4.78, 5) is 34.6. The molecule has 0 bridgehead atoms. The number of hydrogen-bond acceptors (Lipinski definition) is 7. The van der Waals surface area contributed by atoms with Gasteiger partial charge in [-0.2, -0.15) is 5.10 Å². The van der Waals surface area contributed by atoms with Gasteiger partial charge >= 0.3 is 0 Å². The molecule has 6 aromatic rings. The number of imidazole rings is 1. The number of hydrogen-bond donors (Lipinski definition) is 2. The fourth-order valence-electron chi connectivity index (χ4n) is 3.67. The predicted molar refractivity (Wildman–Crippen MR) is 123 cm³/mol. The highest BCUT2D eigenvalue weighted by atomic mass is 32.1. The Kier molecular flexibility index (Phi) is 4.15. The Morgan fingerprint density at radius 1 is 1.06 bits per heavy atom. The number of carbonyl (C=O) groups excluding carboxylic acids is 1. The van der Waals surface area contributed by atoms with Gasteiger partial charge in [0.15, 0.2) is 17.3 Å². The second-order valence-corrected chi connectivity index (χ2v) is 8.38. The van der Waals surface area contributed by atoms with Gasteiger partial charge in [0.05, 0.1) is 27.8 Å². The van der Waals surface area contributed by atoms with Crippen molar-refractivity contribution in [3.05, 3.63) is 66.1 Å². The van der Waals surface area contributed by atoms with Gasteiger partial charge in [-0.05, 0) is 43.3 Å². The van der Waals surface area contributed by atoms with Crippen molar-refractivity contribution in [2.75, 3.05) is 0 Å². The Morgan fingerprint density at radius 2 is 2.00 bits per heavy atom. The second-order valence-electron chi connectivity index (χ2n) is 7.29. The molecule has 6 aromatic heterocycles. The summed E-state index contributed by atoms with van der Waals surface area (Å²) in [6.07, 6.45) is 7.00. The molecule has 6 rings (SSSR count). The summed E-state index contributed by atoms with van der Waals surface area (Å²) >= 11 is 1.46. The van der Waals surface area contributed by atoms with Gasteiger partial charge in [-0.15, -0.1) is 11.3 Å². The lowest BCUT2D eigenvalue weighted by atomic mass is 10.1. The second kappa shape index (κ2) is 7.17. The number of ketones is 1. The molecule has 2 N–H and O–H groups in total. The number of Topliss-reactive ketones (excluding diaryl/α,β-unsaturated/α-hetero) is 1. The first kappa shape index (κ1) is 18.5. The Bertz CT molecular complexity index is 1610. The molecule has 0 radical (unpaired) electrons. The van der Waals surface area contributed by atoms with Crippen molar-refractivity contribution in [1.82, 2.24) is 35.1 Å². The highest BCUT2D eigenvalue weighted by Crippen LogP contribution is 2.34. The van der Waals surface area contributed by atoms with Crippen molar-refractivity contribution in [2.24, 2.45) is 0 Å². The Morgan fingerprint density at radius 3 is 2.81 bits per heavy atom. The molecule has 0 fully saturated rings. The number of pyridine rings is 3. The summed E-state index contributed by atoms with van der Waals surface area (Å²) in [6.45, 7) is 1.57. The Hall–Kier alpha value is -4.24. The van der Waals surface area contributed by atoms with Gasteiger partial charge in [-0.3, -0.25) is 19.9 Å². The van der Waals surface area contributed by atoms with E-state index in [4.69, 9.17) is 4.98 Å². The zero-order valence-electron chi connectivity index (χ0n) is 16.8. The molecule has 0 aliphatic carbocycles. The van der Waals surface area contributed by atoms with E-state index in [9.17, 15) is 4.79 Å². The molecule has 0 unspecified atom stereocenters. The number of carbonyl (C=O) groups is 1. The minimum absolute atomic E-state index is 0.0536. The average Bonchev–Trinajstić information content (AvgIpc) is 3.56. The number of fused-ring (bicyclic) bond motifs is 2. The van der Waals surface area contributed by atoms with Crippen molar-refractivity contribution < 1.29 is 4.79 Å². The van der Waals surface area contributed by atoms with E-state index in [0.29, 0.717) is 17.2 Å². The number of nitrogens with zero attached hydrogens (tertiary/aromatic N) is 5. The van der Waals surface area contributed by atoms with E-state index in [2.05, 4.69) is 30.1 Å². The lowest BCUT2D eigenvalue weighted by molar-refractivity contribution is 0.102. The summed E-state index contributed by atoms with van der Waals surface area (Å²) in [7, 11) is 0. The maximum atomic E-state index is 11.7. The zero-order valence-corrected chi connectivity index (χ0v) is 17.6. The van der Waals surface area contributed by atoms with Gasteiger partial charge < -0.3 is 4.98 Å². The van der Waals surface area contributed by atoms with Crippen LogP contribution in [0.4, 0.5) is 0 Å². The molecule has 9 heteroatoms. The van der Waals surface area contributed by atoms with Gasteiger partial charge in [0, 0.05) is 40.0 Å². The smallest absolute Gasteiger partial charge is 0.178 e. The number of aromatic amines is 2. The minimum atomic E-state index is 0.0536. The van der Waals surface area contributed by atoms with Crippen molar-refractivity contribution in [3.8, 4) is 33.2 Å². The molecular weight excluding hydrogens is 422 g/mol. The molecule has 154 valence electrons. The van der Waals surface area contributed by atoms with E-state index in [1.807, 2.05) is 36.4 Å². The molecule has 0 spiro atoms. The summed E-state index contributed by atoms with van der Waals surface area (Å²) in [5, 5.41) is 8.41. The highest BCUT2D eigenvalue weighted by Gasteiger charge is 2.17. The molecule has 6 heterocycles. The topological polar surface area (TPSA) is 113 Å². The number of thiophene rings is 1. The van der Waals surface area contributed by atoms with Crippen LogP contribution < -0.4 is 0 Å². The molecule has 0 amide bonds. The molecule has 0 atom stereocenters. The van der Waals surface area contributed by atoms with Crippen molar-refractivity contribution in [2.45, 2.75) is 6.92 Å². The predicted octanol–water partition coefficient (Wildman–Crippen LogP) is 4.89. The maximum absolute atomic E-state index is 11.7. The first-order valence-corrected chi connectivity index (χ1v) is 10.7. The number of H-pyrrole nitrogens is 2. The molecule has 0 aromatic carbocycles. The number of aromatic nitrogens is 7. The standard InChI is InChI=1S/C23H15N7OS/c1-12(31)18-4-5-19(32-18)14-6-8-25-22-20(14)27-23(28-22)21-15-9-16(13-3-2-7-24-10-13)26-11-17(15)29-30-21/h2-11H,1H3,(H,29,30)(H,25,27,28). The van der Waals surface area contributed by atoms with Gasteiger partial charge in [-0.1, -0.05) is 0 Å². The Labute approximate surface area is 185 Å². The lowest BCUT2D eigenvalue weighted by Crippen LogP contribution is -1.85. The van der Waals surface area contributed by atoms with E-state index >= 15 is 0 Å². The molecule has 32 heavy (non-hydrogen) atoms. The summed E-state index contributed by atoms with van der Waals surface area (Å²) in [5.41, 5.74) is 5.57. The summed E-state index contributed by atoms with van der Waals surface area (Å²) in [6, 6.07) is 11.5. The quantitative estimate of drug-likeness (QED) is 0.380. The summed E-state index contributed by atoms with van der Waals surface area (Å²) in [5.74, 6) is 0.663. The van der Waals surface area contributed by atoms with Crippen LogP contribution in [-0.2, 0) is 0 Å². The Balaban J connectivity index is 1.49. The normalized spacial score (nSPS) is 11.4. The van der Waals surface area contributed by atoms with E-state index in [-0.39, 0.29) is 5.78 Å². The number of nitrogens with one attached hydrogen (secondary N) is 2. The van der Waals surface area contributed by atoms with Crippen molar-refractivity contribution >= 4 is 39.2 Å². The molecule has 0 saturated carbocycles. The molecular formula is C23H15N7OS. The van der Waals surface area contributed by atoms with Crippen LogP contribution in [0.5, 0.6) is 0 Å². The molecule has 0 aliphatic heterocycles. The maximum Gasteiger partial charge on any atom is 0.178 e. The first-order chi connectivity index (χ1) is 15.7. The SMILES string of the molecule is CC(=O)c1ccc(-c2ccnc3nc(-c4n[nH]c5cnc(-c6cccnc6)cc45)[nH]c23)s1.